The Hall–Kier alpha value is -10.5. The Morgan fingerprint density at radius 1 is 0.614 bits per heavy atom. The molecule has 23 heteroatoms. The lowest BCUT2D eigenvalue weighted by molar-refractivity contribution is -0.384. The highest BCUT2D eigenvalue weighted by atomic mass is 35.5. The van der Waals surface area contributed by atoms with Gasteiger partial charge in [-0.15, -0.1) is 0 Å². The number of Topliss-reactive ketones (excluding diaryl/α,β-unsaturated/α-hetero) is 1. The number of nitrogens with zero attached hydrogens (tertiary/aromatic N) is 4. The van der Waals surface area contributed by atoms with Gasteiger partial charge in [-0.25, -0.2) is 19.6 Å². The van der Waals surface area contributed by atoms with Crippen LogP contribution in [-0.2, 0) is 25.5 Å². The van der Waals surface area contributed by atoms with E-state index in [-0.39, 0.29) is 51.5 Å². The molecule has 1 atom stereocenters. The predicted molar refractivity (Wildman–Crippen MR) is 314 cm³/mol. The molecule has 21 nitrogen and oxygen atoms in total. The molecule has 0 saturated heterocycles. The highest BCUT2D eigenvalue weighted by Gasteiger charge is 2.37. The summed E-state index contributed by atoms with van der Waals surface area (Å²) < 4.78 is 4.49. The number of H-pyrrole nitrogens is 2. The zero-order chi connectivity index (χ0) is 60.8. The maximum absolute atomic E-state index is 11.5. The van der Waals surface area contributed by atoms with Crippen molar-refractivity contribution in [1.82, 2.24) is 19.9 Å². The van der Waals surface area contributed by atoms with E-state index in [9.17, 15) is 53.8 Å². The molecule has 1 aliphatic rings. The number of cyclic esters (lactones) is 2. The van der Waals surface area contributed by atoms with Gasteiger partial charge >= 0.3 is 23.9 Å². The van der Waals surface area contributed by atoms with Crippen LogP contribution in [0.5, 0.6) is 0 Å². The van der Waals surface area contributed by atoms with E-state index in [1.165, 1.54) is 26.0 Å². The molecule has 1 unspecified atom stereocenters. The van der Waals surface area contributed by atoms with Crippen molar-refractivity contribution in [3.8, 4) is 0 Å². The number of hydrogen-bond donors (Lipinski definition) is 5. The number of pyridine rings is 4. The van der Waals surface area contributed by atoms with Gasteiger partial charge in [-0.2, -0.15) is 0 Å². The predicted octanol–water partition coefficient (Wildman–Crippen LogP) is 11.5. The summed E-state index contributed by atoms with van der Waals surface area (Å²) in [6, 6.07) is 43.2. The molecule has 83 heavy (non-hydrogen) atoms. The van der Waals surface area contributed by atoms with E-state index in [0.717, 1.165) is 32.9 Å². The number of aromatic nitrogens is 4. The van der Waals surface area contributed by atoms with Gasteiger partial charge in [0, 0.05) is 27.2 Å². The normalized spacial score (nSPS) is 12.0. The molecule has 5 heterocycles. The van der Waals surface area contributed by atoms with Gasteiger partial charge < -0.3 is 30.7 Å². The second-order valence-electron chi connectivity index (χ2n) is 18.1. The average molecular weight is 1160 g/mol. The number of aromatic amines is 2. The number of nitrogen functional groups attached to an aromatic ring is 1. The van der Waals surface area contributed by atoms with Crippen molar-refractivity contribution in [2.24, 2.45) is 0 Å². The molecule has 10 aromatic rings. The van der Waals surface area contributed by atoms with Gasteiger partial charge in [-0.3, -0.25) is 44.2 Å². The van der Waals surface area contributed by atoms with Crippen molar-refractivity contribution < 1.29 is 48.8 Å². The molecule has 0 saturated carbocycles. The monoisotopic (exact) mass is 1160 g/mol. The molecule has 0 radical (unpaired) electrons. The van der Waals surface area contributed by atoms with Gasteiger partial charge in [-0.1, -0.05) is 132 Å². The van der Waals surface area contributed by atoms with E-state index in [1.54, 1.807) is 91.9 Å². The number of anilines is 1. The van der Waals surface area contributed by atoms with Crippen LogP contribution in [0, 0.1) is 47.9 Å². The molecule has 1 aliphatic heterocycles. The van der Waals surface area contributed by atoms with Crippen molar-refractivity contribution in [3.63, 3.8) is 0 Å². The van der Waals surface area contributed by atoms with Crippen LogP contribution in [0.2, 0.25) is 10.3 Å². The summed E-state index contributed by atoms with van der Waals surface area (Å²) in [7, 11) is 0. The molecular formula is C60H49Cl2N7O14. The number of carboxylic acids is 2. The summed E-state index contributed by atoms with van der Waals surface area (Å²) in [6.07, 6.45) is -0.261. The van der Waals surface area contributed by atoms with Crippen molar-refractivity contribution in [2.75, 3.05) is 5.73 Å². The quantitative estimate of drug-likeness (QED) is 0.0339. The number of carbonyl (C=O) groups is 5. The third-order valence-corrected chi connectivity index (χ3v) is 12.9. The van der Waals surface area contributed by atoms with E-state index < -0.39 is 39.6 Å². The molecule has 4 aromatic heterocycles. The lowest BCUT2D eigenvalue weighted by Gasteiger charge is -2.20. The minimum Gasteiger partial charge on any atom is -0.481 e. The number of halogens is 2. The number of fused-ring (bicyclic) bond motifs is 5. The largest absolute Gasteiger partial charge is 0.481 e. The fraction of sp³-hybridized carbons (Fsp3) is 0.117. The highest BCUT2D eigenvalue weighted by molar-refractivity contribution is 6.35. The van der Waals surface area contributed by atoms with Gasteiger partial charge in [0.15, 0.2) is 0 Å². The van der Waals surface area contributed by atoms with E-state index in [4.69, 9.17) is 39.1 Å². The molecule has 11 rings (SSSR count). The van der Waals surface area contributed by atoms with Gasteiger partial charge in [0.05, 0.1) is 60.6 Å². The molecule has 6 N–H and O–H groups in total. The smallest absolute Gasteiger partial charge is 0.346 e. The Morgan fingerprint density at radius 3 is 1.66 bits per heavy atom. The standard InChI is InChI=1S/C11H8O4.C10H7ClN2O2.C10H9ClN2.C10H8N2O3.C10H9NO.C9H8O4/c1-6(12)9-7-4-2-3-5-8(7)10(13)15-11(9)14;1-6-9(13(14)15)7-4-2-3-5-8(7)10(11)12-6;1-6-9(12)7-4-2-3-5-8(7)10(11)13-6;1-6-9(12(14)15)7-4-2-3-5-8(7)10(13)11-6;1-7-6-8-4-2-3-5-9(8)10(12)11-7;10-8(11)5-6-3-1-2-4-7(6)9(12)13/h2-5,9H,1H3;2-5H,1H3;2-5H,12H2,1H3;2-5H,1H3,(H,11,13);2-6H,1H3,(H,11,12);1-4H,5H2,(H,10,11)(H,12,13). The zero-order valence-corrected chi connectivity index (χ0v) is 46.1. The van der Waals surface area contributed by atoms with Crippen LogP contribution in [0.4, 0.5) is 17.1 Å². The summed E-state index contributed by atoms with van der Waals surface area (Å²) in [4.78, 5) is 112. The number of nitrogens with one attached hydrogen (secondary N) is 2. The number of esters is 2. The van der Waals surface area contributed by atoms with Crippen molar-refractivity contribution in [1.29, 1.82) is 0 Å². The van der Waals surface area contributed by atoms with E-state index in [1.807, 2.05) is 68.4 Å². The lowest BCUT2D eigenvalue weighted by atomic mass is 9.89. The number of carboxylic acid groups (broad SMARTS) is 2. The lowest BCUT2D eigenvalue weighted by Crippen LogP contribution is -2.31. The number of aliphatic carboxylic acids is 1. The topological polar surface area (TPSA) is 339 Å². The Morgan fingerprint density at radius 2 is 1.08 bits per heavy atom. The minimum atomic E-state index is -1.10. The number of hydrogen-bond acceptors (Lipinski definition) is 15. The first kappa shape index (κ1) is 61.7. The van der Waals surface area contributed by atoms with Gasteiger partial charge in [0.25, 0.3) is 22.5 Å². The molecule has 0 bridgehead atoms. The first-order valence-corrected chi connectivity index (χ1v) is 25.4. The summed E-state index contributed by atoms with van der Waals surface area (Å²) in [5, 5.41) is 45.2. The third-order valence-electron chi connectivity index (χ3n) is 12.4. The molecule has 6 aromatic carbocycles. The number of rotatable bonds is 6. The van der Waals surface area contributed by atoms with Gasteiger partial charge in [-0.05, 0) is 93.6 Å². The molecule has 0 spiro atoms. The van der Waals surface area contributed by atoms with Crippen LogP contribution in [0.25, 0.3) is 43.1 Å². The van der Waals surface area contributed by atoms with Crippen molar-refractivity contribution in [3.05, 3.63) is 248 Å². The molecular weight excluding hydrogens is 1110 g/mol. The van der Waals surface area contributed by atoms with Gasteiger partial charge in [0.1, 0.15) is 27.7 Å². The maximum Gasteiger partial charge on any atom is 0.346 e. The number of aryl methyl sites for hydroxylation is 4. The fourth-order valence-corrected chi connectivity index (χ4v) is 9.16. The molecule has 0 aliphatic carbocycles. The first-order chi connectivity index (χ1) is 39.4. The highest BCUT2D eigenvalue weighted by Crippen LogP contribution is 2.33. The minimum absolute atomic E-state index is 0.00870. The van der Waals surface area contributed by atoms with E-state index in [2.05, 4.69) is 24.7 Å². The van der Waals surface area contributed by atoms with Crippen LogP contribution < -0.4 is 16.9 Å². The summed E-state index contributed by atoms with van der Waals surface area (Å²) >= 11 is 11.9. The number of nitro groups is 2. The van der Waals surface area contributed by atoms with Crippen LogP contribution in [0.15, 0.2) is 161 Å². The summed E-state index contributed by atoms with van der Waals surface area (Å²) in [5.41, 5.74) is 9.65. The van der Waals surface area contributed by atoms with Crippen molar-refractivity contribution >= 4 is 113 Å². The number of nitrogens with two attached hydrogens (primary N) is 1. The Labute approximate surface area is 480 Å². The van der Waals surface area contributed by atoms with Gasteiger partial charge in [0.2, 0.25) is 0 Å². The third kappa shape index (κ3) is 15.0. The number of ketones is 1. The van der Waals surface area contributed by atoms with Crippen LogP contribution in [-0.4, -0.2) is 69.7 Å². The number of carbonyl (C=O) groups excluding carboxylic acids is 3. The average Bonchev–Trinajstić information content (AvgIpc) is 3.58. The fourth-order valence-electron chi connectivity index (χ4n) is 8.58. The number of benzene rings is 6. The maximum atomic E-state index is 11.5. The van der Waals surface area contributed by atoms with Crippen molar-refractivity contribution in [2.45, 2.75) is 47.0 Å². The Kier molecular flexibility index (Phi) is 20.5. The summed E-state index contributed by atoms with van der Waals surface area (Å²) in [5.74, 6) is -4.89. The Bertz CT molecular complexity index is 4320. The number of aromatic carboxylic acids is 1. The molecule has 0 amide bonds. The zero-order valence-electron chi connectivity index (χ0n) is 44.6. The van der Waals surface area contributed by atoms with E-state index in [0.29, 0.717) is 54.4 Å². The Balaban J connectivity index is 0.000000160. The second-order valence-corrected chi connectivity index (χ2v) is 18.8. The van der Waals surface area contributed by atoms with Crippen LogP contribution >= 0.6 is 23.2 Å². The van der Waals surface area contributed by atoms with Crippen LogP contribution in [0.1, 0.15) is 67.5 Å². The van der Waals surface area contributed by atoms with E-state index >= 15 is 0 Å². The second kappa shape index (κ2) is 27.6. The molecule has 0 fully saturated rings. The summed E-state index contributed by atoms with van der Waals surface area (Å²) in [6.45, 7) is 8.14. The first-order valence-electron chi connectivity index (χ1n) is 24.6. The number of ether oxygens (including phenoxy) is 1. The van der Waals surface area contributed by atoms with Crippen LogP contribution in [0.3, 0.4) is 0 Å². The SMILES string of the molecule is CC(=O)C1C(=O)OC(=O)c2ccccc21.Cc1[nH]c(=O)c2ccccc2c1[N+](=O)[O-].Cc1cc2ccccc2c(=O)[nH]1.Cc1nc(Cl)c2ccccc2c1N.Cc1nc(Cl)c2ccccc2c1[N+](=O)[O-].O=C(O)Cc1ccccc1C(=O)O. The molecule has 422 valence electrons.